The van der Waals surface area contributed by atoms with Gasteiger partial charge in [-0.2, -0.15) is 0 Å². The summed E-state index contributed by atoms with van der Waals surface area (Å²) in [7, 11) is 0. The van der Waals surface area contributed by atoms with Gasteiger partial charge in [0.1, 0.15) is 0 Å². The summed E-state index contributed by atoms with van der Waals surface area (Å²) < 4.78 is 0. The molecule has 0 spiro atoms. The van der Waals surface area contributed by atoms with Gasteiger partial charge in [-0.15, -0.1) is 0 Å². The van der Waals surface area contributed by atoms with Crippen molar-refractivity contribution in [2.24, 2.45) is 0 Å². The van der Waals surface area contributed by atoms with Crippen LogP contribution in [0.5, 0.6) is 0 Å². The number of hydrogen-bond donors (Lipinski definition) is 0. The number of carboxylic acid groups (broad SMARTS) is 1. The van der Waals surface area contributed by atoms with Crippen LogP contribution >= 0.6 is 0 Å². The van der Waals surface area contributed by atoms with Crippen LogP contribution in [0.15, 0.2) is 30.3 Å². The summed E-state index contributed by atoms with van der Waals surface area (Å²) in [5, 5.41) is 11.3. The molecule has 1 aromatic rings. The van der Waals surface area contributed by atoms with E-state index < -0.39 is 12.0 Å². The average Bonchev–Trinajstić information content (AvgIpc) is 2.67. The van der Waals surface area contributed by atoms with Crippen LogP contribution in [0.4, 0.5) is 5.69 Å². The standard InChI is InChI=1S/C23H37NO3.K/c1-3-4-5-6-7-8-9-10-11-12-16-19-22(25)24(20(2)23(26)27)21-17-14-13-15-18-21;/h13-15,17-18,20H,3-12,16,19H2,1-2H3,(H,26,27);/q;+1/p-1/t20-;/m0./s1. The molecule has 1 atom stereocenters. The Bertz CT molecular complexity index is 536. The number of nitrogens with zero attached hydrogens (tertiary/aromatic N) is 1. The smallest absolute Gasteiger partial charge is 0.548 e. The molecular formula is C23H36KNO3. The van der Waals surface area contributed by atoms with Gasteiger partial charge in [-0.1, -0.05) is 89.3 Å². The third-order valence-corrected chi connectivity index (χ3v) is 5.03. The molecule has 0 saturated carbocycles. The first kappa shape index (κ1) is 27.8. The van der Waals surface area contributed by atoms with Crippen molar-refractivity contribution in [3.8, 4) is 0 Å². The summed E-state index contributed by atoms with van der Waals surface area (Å²) in [6.07, 6.45) is 13.9. The molecule has 0 aliphatic rings. The van der Waals surface area contributed by atoms with Gasteiger partial charge in [0.25, 0.3) is 0 Å². The second-order valence-electron chi connectivity index (χ2n) is 7.38. The minimum Gasteiger partial charge on any atom is -0.548 e. The zero-order valence-electron chi connectivity index (χ0n) is 18.1. The van der Waals surface area contributed by atoms with Crippen molar-refractivity contribution in [1.82, 2.24) is 0 Å². The topological polar surface area (TPSA) is 60.4 Å². The molecule has 1 rings (SSSR count). The molecule has 0 saturated heterocycles. The number of anilines is 1. The van der Waals surface area contributed by atoms with E-state index in [1.807, 2.05) is 6.07 Å². The van der Waals surface area contributed by atoms with E-state index in [0.717, 1.165) is 19.3 Å². The first-order valence-electron chi connectivity index (χ1n) is 10.7. The van der Waals surface area contributed by atoms with Gasteiger partial charge in [0.2, 0.25) is 5.91 Å². The first-order chi connectivity index (χ1) is 13.1. The molecule has 1 aromatic carbocycles. The van der Waals surface area contributed by atoms with Crippen LogP contribution in [0.1, 0.15) is 90.9 Å². The molecular weight excluding hydrogens is 377 g/mol. The Balaban J connectivity index is 0.00000729. The van der Waals surface area contributed by atoms with Crippen molar-refractivity contribution in [2.45, 2.75) is 96.9 Å². The molecule has 0 aliphatic heterocycles. The minimum atomic E-state index is -1.23. The van der Waals surface area contributed by atoms with Crippen LogP contribution in [-0.4, -0.2) is 17.9 Å². The summed E-state index contributed by atoms with van der Waals surface area (Å²) in [6, 6.07) is 8.02. The summed E-state index contributed by atoms with van der Waals surface area (Å²) >= 11 is 0. The van der Waals surface area contributed by atoms with E-state index in [-0.39, 0.29) is 57.3 Å². The predicted molar refractivity (Wildman–Crippen MR) is 109 cm³/mol. The maximum absolute atomic E-state index is 12.6. The van der Waals surface area contributed by atoms with E-state index in [9.17, 15) is 14.7 Å². The van der Waals surface area contributed by atoms with Crippen LogP contribution in [0, 0.1) is 0 Å². The summed E-state index contributed by atoms with van der Waals surface area (Å²) in [5.74, 6) is -1.38. The third-order valence-electron chi connectivity index (χ3n) is 5.03. The number of aliphatic carboxylic acids is 1. The molecule has 0 aromatic heterocycles. The van der Waals surface area contributed by atoms with Gasteiger partial charge in [-0.05, 0) is 25.5 Å². The molecule has 0 aliphatic carbocycles. The number of carbonyl (C=O) groups excluding carboxylic acids is 2. The summed E-state index contributed by atoms with van der Waals surface area (Å²) in [5.41, 5.74) is 0.613. The fraction of sp³-hybridized carbons (Fsp3) is 0.652. The van der Waals surface area contributed by atoms with Gasteiger partial charge in [-0.25, -0.2) is 0 Å². The Morgan fingerprint density at radius 1 is 0.857 bits per heavy atom. The Hall–Kier alpha value is -0.204. The predicted octanol–water partition coefficient (Wildman–Crippen LogP) is 1.86. The molecule has 0 N–H and O–H groups in total. The van der Waals surface area contributed by atoms with Gasteiger partial charge >= 0.3 is 51.4 Å². The molecule has 0 fully saturated rings. The van der Waals surface area contributed by atoms with Crippen LogP contribution in [-0.2, 0) is 9.59 Å². The Kier molecular flexibility index (Phi) is 17.5. The van der Waals surface area contributed by atoms with Crippen molar-refractivity contribution >= 4 is 17.6 Å². The normalized spacial score (nSPS) is 11.5. The maximum atomic E-state index is 12.6. The fourth-order valence-corrected chi connectivity index (χ4v) is 3.34. The van der Waals surface area contributed by atoms with E-state index in [1.165, 1.54) is 63.2 Å². The van der Waals surface area contributed by atoms with E-state index in [2.05, 4.69) is 6.92 Å². The third kappa shape index (κ3) is 11.7. The van der Waals surface area contributed by atoms with Crippen molar-refractivity contribution in [3.05, 3.63) is 30.3 Å². The van der Waals surface area contributed by atoms with Gasteiger partial charge in [0.05, 0.1) is 12.0 Å². The first-order valence-corrected chi connectivity index (χ1v) is 10.7. The molecule has 0 bridgehead atoms. The van der Waals surface area contributed by atoms with Crippen LogP contribution in [0.2, 0.25) is 0 Å². The molecule has 1 amide bonds. The summed E-state index contributed by atoms with van der Waals surface area (Å²) in [4.78, 5) is 25.2. The molecule has 28 heavy (non-hydrogen) atoms. The quantitative estimate of drug-likeness (QED) is 0.326. The monoisotopic (exact) mass is 413 g/mol. The SMILES string of the molecule is CCCCCCCCCCCCCC(=O)N(c1ccccc1)[C@@H](C)C(=O)[O-].[K+]. The van der Waals surface area contributed by atoms with Gasteiger partial charge in [0.15, 0.2) is 0 Å². The van der Waals surface area contributed by atoms with Crippen molar-refractivity contribution < 1.29 is 66.1 Å². The molecule has 0 radical (unpaired) electrons. The van der Waals surface area contributed by atoms with Crippen LogP contribution in [0.25, 0.3) is 0 Å². The number of rotatable bonds is 15. The maximum Gasteiger partial charge on any atom is 1.00 e. The zero-order chi connectivity index (χ0) is 19.9. The van der Waals surface area contributed by atoms with Crippen LogP contribution < -0.4 is 61.4 Å². The number of amides is 1. The van der Waals surface area contributed by atoms with Crippen molar-refractivity contribution in [1.29, 1.82) is 0 Å². The van der Waals surface area contributed by atoms with Gasteiger partial charge in [0, 0.05) is 12.1 Å². The minimum absolute atomic E-state index is 0. The number of hydrogen-bond acceptors (Lipinski definition) is 3. The van der Waals surface area contributed by atoms with E-state index in [1.54, 1.807) is 24.3 Å². The second-order valence-corrected chi connectivity index (χ2v) is 7.38. The zero-order valence-corrected chi connectivity index (χ0v) is 21.2. The van der Waals surface area contributed by atoms with Gasteiger partial charge in [-0.3, -0.25) is 4.79 Å². The van der Waals surface area contributed by atoms with Gasteiger partial charge < -0.3 is 14.8 Å². The Labute approximate surface area is 213 Å². The number of unbranched alkanes of at least 4 members (excludes halogenated alkanes) is 10. The molecule has 0 heterocycles. The number of benzene rings is 1. The molecule has 152 valence electrons. The second kappa shape index (κ2) is 17.6. The average molecular weight is 414 g/mol. The largest absolute Gasteiger partial charge is 1.00 e. The number of carboxylic acids is 1. The molecule has 0 unspecified atom stereocenters. The Morgan fingerprint density at radius 3 is 1.79 bits per heavy atom. The molecule has 4 nitrogen and oxygen atoms in total. The number of para-hydroxylation sites is 1. The Morgan fingerprint density at radius 2 is 1.32 bits per heavy atom. The van der Waals surface area contributed by atoms with E-state index in [4.69, 9.17) is 0 Å². The van der Waals surface area contributed by atoms with Crippen molar-refractivity contribution in [2.75, 3.05) is 4.90 Å². The molecule has 5 heteroatoms. The fourth-order valence-electron chi connectivity index (χ4n) is 3.34. The van der Waals surface area contributed by atoms with E-state index >= 15 is 0 Å². The van der Waals surface area contributed by atoms with Crippen LogP contribution in [0.3, 0.4) is 0 Å². The number of carbonyl (C=O) groups is 2. The van der Waals surface area contributed by atoms with Crippen molar-refractivity contribution in [3.63, 3.8) is 0 Å². The van der Waals surface area contributed by atoms with E-state index in [0.29, 0.717) is 12.1 Å². The summed E-state index contributed by atoms with van der Waals surface area (Å²) in [6.45, 7) is 3.74.